The minimum absolute atomic E-state index is 0.0192. The fourth-order valence-corrected chi connectivity index (χ4v) is 4.20. The molecule has 1 aromatic carbocycles. The summed E-state index contributed by atoms with van der Waals surface area (Å²) in [6, 6.07) is 8.03. The Morgan fingerprint density at radius 3 is 2.62 bits per heavy atom. The standard InChI is InChI=1S/C24H27FN2O2/c1-16-4-3-5-18(24(28)27-12-10-19(25)11-13-27)14-22-23(16)21(15-26-22)17-6-8-20(29-2)9-7-17/h3,5-9,14-16,19,26H,4,10-13H2,1-2H3/b5-3+,18-14+/t16-/m1/s1. The third-order valence-corrected chi connectivity index (χ3v) is 5.89. The number of carbonyl (C=O) groups is 1. The summed E-state index contributed by atoms with van der Waals surface area (Å²) in [5.74, 6) is 1.13. The van der Waals surface area contributed by atoms with Gasteiger partial charge in [0.05, 0.1) is 7.11 Å². The van der Waals surface area contributed by atoms with Crippen LogP contribution in [0.25, 0.3) is 17.2 Å². The number of fused-ring (bicyclic) bond motifs is 1. The highest BCUT2D eigenvalue weighted by Crippen LogP contribution is 2.37. The Kier molecular flexibility index (Phi) is 5.56. The maximum Gasteiger partial charge on any atom is 0.253 e. The number of likely N-dealkylation sites (tertiary alicyclic amines) is 1. The minimum Gasteiger partial charge on any atom is -0.497 e. The maximum absolute atomic E-state index is 13.5. The van der Waals surface area contributed by atoms with Gasteiger partial charge in [0, 0.05) is 36.1 Å². The second-order valence-electron chi connectivity index (χ2n) is 7.86. The number of hydrogen-bond acceptors (Lipinski definition) is 2. The van der Waals surface area contributed by atoms with Crippen molar-refractivity contribution in [3.8, 4) is 16.9 Å². The summed E-state index contributed by atoms with van der Waals surface area (Å²) in [5, 5.41) is 0. The summed E-state index contributed by atoms with van der Waals surface area (Å²) in [6.07, 6.45) is 8.86. The van der Waals surface area contributed by atoms with Crippen LogP contribution in [-0.4, -0.2) is 42.2 Å². The molecule has 0 unspecified atom stereocenters. The Hall–Kier alpha value is -2.82. The quantitative estimate of drug-likeness (QED) is 0.787. The minimum atomic E-state index is -0.788. The summed E-state index contributed by atoms with van der Waals surface area (Å²) < 4.78 is 18.7. The Bertz CT molecular complexity index is 934. The van der Waals surface area contributed by atoms with Crippen LogP contribution in [0.2, 0.25) is 0 Å². The molecule has 29 heavy (non-hydrogen) atoms. The van der Waals surface area contributed by atoms with E-state index in [9.17, 15) is 9.18 Å². The highest BCUT2D eigenvalue weighted by molar-refractivity contribution is 6.01. The number of hydrogen-bond donors (Lipinski definition) is 1. The third kappa shape index (κ3) is 4.00. The smallest absolute Gasteiger partial charge is 0.253 e. The van der Waals surface area contributed by atoms with Crippen molar-refractivity contribution in [1.29, 1.82) is 0 Å². The van der Waals surface area contributed by atoms with Gasteiger partial charge in [-0.25, -0.2) is 4.39 Å². The van der Waals surface area contributed by atoms with Crippen molar-refractivity contribution < 1.29 is 13.9 Å². The number of carbonyl (C=O) groups excluding carboxylic acids is 1. The van der Waals surface area contributed by atoms with Crippen LogP contribution in [0.5, 0.6) is 5.75 Å². The Morgan fingerprint density at radius 2 is 1.93 bits per heavy atom. The van der Waals surface area contributed by atoms with Crippen molar-refractivity contribution in [3.63, 3.8) is 0 Å². The van der Waals surface area contributed by atoms with E-state index in [0.29, 0.717) is 37.4 Å². The number of halogens is 1. The molecule has 1 N–H and O–H groups in total. The van der Waals surface area contributed by atoms with Gasteiger partial charge in [0.25, 0.3) is 5.91 Å². The molecule has 1 fully saturated rings. The molecule has 4 rings (SSSR count). The van der Waals surface area contributed by atoms with E-state index >= 15 is 0 Å². The van der Waals surface area contributed by atoms with Gasteiger partial charge in [0.15, 0.2) is 0 Å². The van der Waals surface area contributed by atoms with Crippen LogP contribution in [-0.2, 0) is 4.79 Å². The molecule has 4 nitrogen and oxygen atoms in total. The molecule has 0 radical (unpaired) electrons. The Balaban J connectivity index is 1.67. The SMILES string of the molecule is COc1ccc(-c2c[nH]c3c2[C@H](C)C/C=C/C(C(=O)N2CCC(F)CC2)=C\3)cc1. The highest BCUT2D eigenvalue weighted by atomic mass is 19.1. The molecule has 1 aliphatic heterocycles. The van der Waals surface area contributed by atoms with E-state index in [1.54, 1.807) is 12.0 Å². The average Bonchev–Trinajstić information content (AvgIpc) is 3.14. The number of alkyl halides is 1. The molecule has 5 heteroatoms. The van der Waals surface area contributed by atoms with Crippen molar-refractivity contribution in [2.75, 3.05) is 20.2 Å². The number of methoxy groups -OCH3 is 1. The fraction of sp³-hybridized carbons (Fsp3) is 0.375. The van der Waals surface area contributed by atoms with Crippen LogP contribution in [0.1, 0.15) is 43.4 Å². The molecule has 152 valence electrons. The Labute approximate surface area is 171 Å². The number of piperidine rings is 1. The van der Waals surface area contributed by atoms with E-state index in [1.807, 2.05) is 30.5 Å². The molecule has 1 amide bonds. The van der Waals surface area contributed by atoms with Crippen LogP contribution < -0.4 is 4.74 Å². The van der Waals surface area contributed by atoms with Gasteiger partial charge in [-0.3, -0.25) is 4.79 Å². The number of H-pyrrole nitrogens is 1. The highest BCUT2D eigenvalue weighted by Gasteiger charge is 2.25. The van der Waals surface area contributed by atoms with Crippen LogP contribution in [0, 0.1) is 0 Å². The molecule has 0 spiro atoms. The largest absolute Gasteiger partial charge is 0.497 e. The number of amides is 1. The molecule has 0 bridgehead atoms. The van der Waals surface area contributed by atoms with E-state index in [-0.39, 0.29) is 5.91 Å². The van der Waals surface area contributed by atoms with E-state index in [4.69, 9.17) is 4.74 Å². The summed E-state index contributed by atoms with van der Waals surface area (Å²) in [6.45, 7) is 3.17. The van der Waals surface area contributed by atoms with Crippen LogP contribution >= 0.6 is 0 Å². The summed E-state index contributed by atoms with van der Waals surface area (Å²) >= 11 is 0. The first-order valence-corrected chi connectivity index (χ1v) is 10.2. The number of aromatic amines is 1. The van der Waals surface area contributed by atoms with Gasteiger partial charge in [-0.2, -0.15) is 0 Å². The first-order chi connectivity index (χ1) is 14.1. The van der Waals surface area contributed by atoms with Crippen molar-refractivity contribution in [3.05, 3.63) is 59.4 Å². The second kappa shape index (κ2) is 8.27. The maximum atomic E-state index is 13.5. The van der Waals surface area contributed by atoms with Crippen molar-refractivity contribution in [1.82, 2.24) is 9.88 Å². The van der Waals surface area contributed by atoms with Crippen molar-refractivity contribution in [2.45, 2.75) is 38.3 Å². The number of aromatic nitrogens is 1. The van der Waals surface area contributed by atoms with Gasteiger partial charge < -0.3 is 14.6 Å². The lowest BCUT2D eigenvalue weighted by Gasteiger charge is -2.29. The Morgan fingerprint density at radius 1 is 1.21 bits per heavy atom. The third-order valence-electron chi connectivity index (χ3n) is 5.89. The number of benzene rings is 1. The zero-order valence-corrected chi connectivity index (χ0v) is 17.0. The molecule has 1 aromatic heterocycles. The molecular formula is C24H27FN2O2. The molecule has 2 aromatic rings. The molecule has 1 aliphatic carbocycles. The van der Waals surface area contributed by atoms with Crippen molar-refractivity contribution >= 4 is 12.0 Å². The van der Waals surface area contributed by atoms with Crippen LogP contribution in [0.4, 0.5) is 4.39 Å². The second-order valence-corrected chi connectivity index (χ2v) is 7.86. The van der Waals surface area contributed by atoms with E-state index in [0.717, 1.165) is 29.0 Å². The molecule has 1 saturated heterocycles. The first kappa shape index (κ1) is 19.5. The number of rotatable bonds is 3. The zero-order chi connectivity index (χ0) is 20.4. The molecule has 0 saturated carbocycles. The van der Waals surface area contributed by atoms with Crippen molar-refractivity contribution in [2.24, 2.45) is 0 Å². The zero-order valence-electron chi connectivity index (χ0n) is 17.0. The van der Waals surface area contributed by atoms with Gasteiger partial charge in [-0.05, 0) is 54.5 Å². The molecule has 1 atom stereocenters. The number of nitrogens with one attached hydrogen (secondary N) is 1. The lowest BCUT2D eigenvalue weighted by atomic mass is 9.89. The van der Waals surface area contributed by atoms with E-state index < -0.39 is 6.17 Å². The average molecular weight is 394 g/mol. The molecule has 2 aliphatic rings. The summed E-state index contributed by atoms with van der Waals surface area (Å²) in [4.78, 5) is 18.2. The van der Waals surface area contributed by atoms with Gasteiger partial charge >= 0.3 is 0 Å². The van der Waals surface area contributed by atoms with Crippen LogP contribution in [0.15, 0.2) is 48.2 Å². The van der Waals surface area contributed by atoms with E-state index in [2.05, 4.69) is 30.1 Å². The molecule has 2 heterocycles. The first-order valence-electron chi connectivity index (χ1n) is 10.2. The number of ether oxygens (including phenoxy) is 1. The topological polar surface area (TPSA) is 45.3 Å². The predicted molar refractivity (Wildman–Crippen MR) is 114 cm³/mol. The lowest BCUT2D eigenvalue weighted by molar-refractivity contribution is -0.128. The van der Waals surface area contributed by atoms with E-state index in [1.165, 1.54) is 5.56 Å². The molecular weight excluding hydrogens is 367 g/mol. The predicted octanol–water partition coefficient (Wildman–Crippen LogP) is 5.10. The van der Waals surface area contributed by atoms with Gasteiger partial charge in [-0.15, -0.1) is 0 Å². The van der Waals surface area contributed by atoms with Gasteiger partial charge in [0.1, 0.15) is 11.9 Å². The van der Waals surface area contributed by atoms with Gasteiger partial charge in [0.2, 0.25) is 0 Å². The summed E-state index contributed by atoms with van der Waals surface area (Å²) in [5.41, 5.74) is 5.10. The number of nitrogens with zero attached hydrogens (tertiary/aromatic N) is 1. The fourth-order valence-electron chi connectivity index (χ4n) is 4.20. The van der Waals surface area contributed by atoms with Gasteiger partial charge in [-0.1, -0.05) is 31.2 Å². The van der Waals surface area contributed by atoms with Crippen LogP contribution in [0.3, 0.4) is 0 Å². The summed E-state index contributed by atoms with van der Waals surface area (Å²) in [7, 11) is 1.66. The normalized spacial score (nSPS) is 22.8. The monoisotopic (exact) mass is 394 g/mol. The lowest BCUT2D eigenvalue weighted by Crippen LogP contribution is -2.39. The number of allylic oxidation sites excluding steroid dienone is 1.